The summed E-state index contributed by atoms with van der Waals surface area (Å²) in [6.07, 6.45) is 1.67. The maximum atomic E-state index is 10.8. The van der Waals surface area contributed by atoms with Gasteiger partial charge in [-0.05, 0) is 66.1 Å². The molecule has 0 unspecified atom stereocenters. The Hall–Kier alpha value is -4.35. The second-order valence-electron chi connectivity index (χ2n) is 7.52. The van der Waals surface area contributed by atoms with E-state index < -0.39 is 4.92 Å². The van der Waals surface area contributed by atoms with E-state index in [4.69, 9.17) is 21.1 Å². The van der Waals surface area contributed by atoms with Crippen molar-refractivity contribution < 1.29 is 14.4 Å². The van der Waals surface area contributed by atoms with Crippen LogP contribution in [-0.4, -0.2) is 22.0 Å². The van der Waals surface area contributed by atoms with Gasteiger partial charge in [0.05, 0.1) is 33.7 Å². The highest BCUT2D eigenvalue weighted by Crippen LogP contribution is 2.38. The van der Waals surface area contributed by atoms with E-state index in [9.17, 15) is 15.4 Å². The number of imidazole rings is 1. The number of ether oxygens (including phenoxy) is 2. The first-order valence-electron chi connectivity index (χ1n) is 10.2. The number of allylic oxidation sites excluding steroid dienone is 1. The van der Waals surface area contributed by atoms with Crippen LogP contribution in [0.25, 0.3) is 22.7 Å². The molecule has 0 fully saturated rings. The molecule has 0 aliphatic heterocycles. The molecule has 0 aliphatic carbocycles. The van der Waals surface area contributed by atoms with Gasteiger partial charge in [-0.25, -0.2) is 4.98 Å². The Balaban J connectivity index is 1.60. The highest BCUT2D eigenvalue weighted by Gasteiger charge is 2.14. The third-order valence-corrected chi connectivity index (χ3v) is 5.39. The standard InChI is InChI=1S/C25H19ClN4O4/c1-15-3-8-21-22(9-15)29-25(28-21)18(13-27)10-17-11-20(26)24(23(12-17)33-2)34-14-16-4-6-19(7-5-16)30(31)32/h3-12H,14H2,1-2H3,(H,28,29)/b18-10-. The van der Waals surface area contributed by atoms with Gasteiger partial charge in [0, 0.05) is 12.1 Å². The Morgan fingerprint density at radius 2 is 2.00 bits per heavy atom. The van der Waals surface area contributed by atoms with Gasteiger partial charge in [0.1, 0.15) is 18.5 Å². The molecule has 0 radical (unpaired) electrons. The zero-order chi connectivity index (χ0) is 24.2. The number of nitriles is 1. The van der Waals surface area contributed by atoms with E-state index in [0.29, 0.717) is 33.5 Å². The zero-order valence-corrected chi connectivity index (χ0v) is 19.1. The van der Waals surface area contributed by atoms with Gasteiger partial charge < -0.3 is 14.5 Å². The van der Waals surface area contributed by atoms with Crippen molar-refractivity contribution in [2.24, 2.45) is 0 Å². The van der Waals surface area contributed by atoms with Crippen LogP contribution in [-0.2, 0) is 6.61 Å². The van der Waals surface area contributed by atoms with Crippen molar-refractivity contribution in [3.8, 4) is 17.6 Å². The van der Waals surface area contributed by atoms with Crippen molar-refractivity contribution >= 4 is 40.0 Å². The molecule has 0 spiro atoms. The molecule has 0 atom stereocenters. The second-order valence-corrected chi connectivity index (χ2v) is 7.93. The molecule has 170 valence electrons. The summed E-state index contributed by atoms with van der Waals surface area (Å²) in [5.41, 5.74) is 4.42. The molecule has 9 heteroatoms. The lowest BCUT2D eigenvalue weighted by Gasteiger charge is -2.13. The summed E-state index contributed by atoms with van der Waals surface area (Å²) in [6, 6.07) is 17.4. The Labute approximate surface area is 200 Å². The fourth-order valence-electron chi connectivity index (χ4n) is 3.40. The van der Waals surface area contributed by atoms with Crippen molar-refractivity contribution in [1.29, 1.82) is 5.26 Å². The molecule has 0 saturated heterocycles. The molecule has 4 aromatic rings. The maximum absolute atomic E-state index is 10.8. The molecule has 1 aromatic heterocycles. The minimum atomic E-state index is -0.460. The predicted octanol–water partition coefficient (Wildman–Crippen LogP) is 6.08. The van der Waals surface area contributed by atoms with Crippen LogP contribution >= 0.6 is 11.6 Å². The number of benzene rings is 3. The van der Waals surface area contributed by atoms with Gasteiger partial charge in [0.15, 0.2) is 11.5 Å². The van der Waals surface area contributed by atoms with Crippen LogP contribution in [0.3, 0.4) is 0 Å². The number of hydrogen-bond donors (Lipinski definition) is 1. The number of nitro benzene ring substituents is 1. The normalized spacial score (nSPS) is 11.3. The van der Waals surface area contributed by atoms with Crippen LogP contribution < -0.4 is 9.47 Å². The van der Waals surface area contributed by atoms with Crippen LogP contribution in [0.4, 0.5) is 5.69 Å². The molecule has 34 heavy (non-hydrogen) atoms. The van der Waals surface area contributed by atoms with Gasteiger partial charge in [-0.3, -0.25) is 10.1 Å². The number of rotatable bonds is 7. The van der Waals surface area contributed by atoms with Crippen LogP contribution in [0.2, 0.25) is 5.02 Å². The Bertz CT molecular complexity index is 1450. The SMILES string of the molecule is COc1cc(/C=C(/C#N)c2nc3ccc(C)cc3[nH]2)cc(Cl)c1OCc1ccc([N+](=O)[O-])cc1. The predicted molar refractivity (Wildman–Crippen MR) is 130 cm³/mol. The monoisotopic (exact) mass is 474 g/mol. The summed E-state index contributed by atoms with van der Waals surface area (Å²) in [5, 5.41) is 20.8. The number of aryl methyl sites for hydroxylation is 1. The second kappa shape index (κ2) is 9.65. The average molecular weight is 475 g/mol. The number of nitro groups is 1. The minimum absolute atomic E-state index is 0.00314. The maximum Gasteiger partial charge on any atom is 0.269 e. The number of nitrogens with one attached hydrogen (secondary N) is 1. The molecule has 1 heterocycles. The van der Waals surface area contributed by atoms with Crippen molar-refractivity contribution in [3.05, 3.63) is 92.2 Å². The summed E-state index contributed by atoms with van der Waals surface area (Å²) in [5.74, 6) is 1.17. The smallest absolute Gasteiger partial charge is 0.269 e. The molecule has 0 saturated carbocycles. The quantitative estimate of drug-likeness (QED) is 0.197. The highest BCUT2D eigenvalue weighted by atomic mass is 35.5. The van der Waals surface area contributed by atoms with E-state index in [2.05, 4.69) is 16.0 Å². The number of nitrogens with zero attached hydrogens (tertiary/aromatic N) is 3. The molecule has 0 bridgehead atoms. The van der Waals surface area contributed by atoms with E-state index in [1.54, 1.807) is 30.3 Å². The van der Waals surface area contributed by atoms with Gasteiger partial charge in [-0.15, -0.1) is 0 Å². The summed E-state index contributed by atoms with van der Waals surface area (Å²) < 4.78 is 11.3. The number of fused-ring (bicyclic) bond motifs is 1. The van der Waals surface area contributed by atoms with Gasteiger partial charge in [0.2, 0.25) is 0 Å². The fraction of sp³-hybridized carbons (Fsp3) is 0.120. The Morgan fingerprint density at radius 1 is 1.24 bits per heavy atom. The van der Waals surface area contributed by atoms with Gasteiger partial charge in [0.25, 0.3) is 5.69 Å². The summed E-state index contributed by atoms with van der Waals surface area (Å²) in [7, 11) is 1.49. The molecule has 0 aliphatic rings. The molecule has 4 rings (SSSR count). The largest absolute Gasteiger partial charge is 0.493 e. The van der Waals surface area contributed by atoms with E-state index in [-0.39, 0.29) is 12.3 Å². The number of halogens is 1. The Morgan fingerprint density at radius 3 is 2.68 bits per heavy atom. The van der Waals surface area contributed by atoms with E-state index in [1.165, 1.54) is 19.2 Å². The molecule has 1 N–H and O–H groups in total. The van der Waals surface area contributed by atoms with Gasteiger partial charge >= 0.3 is 0 Å². The number of hydrogen-bond acceptors (Lipinski definition) is 6. The number of non-ortho nitro benzene ring substituents is 1. The lowest BCUT2D eigenvalue weighted by atomic mass is 10.1. The van der Waals surface area contributed by atoms with Crippen LogP contribution in [0, 0.1) is 28.4 Å². The lowest BCUT2D eigenvalue weighted by molar-refractivity contribution is -0.384. The van der Waals surface area contributed by atoms with Gasteiger partial charge in [-0.2, -0.15) is 5.26 Å². The van der Waals surface area contributed by atoms with E-state index in [0.717, 1.165) is 22.2 Å². The third kappa shape index (κ3) is 4.85. The van der Waals surface area contributed by atoms with Crippen molar-refractivity contribution in [2.75, 3.05) is 7.11 Å². The first-order valence-corrected chi connectivity index (χ1v) is 10.6. The molecule has 8 nitrogen and oxygen atoms in total. The summed E-state index contributed by atoms with van der Waals surface area (Å²) in [6.45, 7) is 2.13. The first-order chi connectivity index (χ1) is 16.4. The summed E-state index contributed by atoms with van der Waals surface area (Å²) in [4.78, 5) is 18.0. The fourth-order valence-corrected chi connectivity index (χ4v) is 3.68. The Kier molecular flexibility index (Phi) is 6.48. The average Bonchev–Trinajstić information content (AvgIpc) is 3.24. The number of methoxy groups -OCH3 is 1. The van der Waals surface area contributed by atoms with Crippen molar-refractivity contribution in [2.45, 2.75) is 13.5 Å². The lowest BCUT2D eigenvalue weighted by Crippen LogP contribution is -1.99. The van der Waals surface area contributed by atoms with Crippen LogP contribution in [0.5, 0.6) is 11.5 Å². The minimum Gasteiger partial charge on any atom is -0.493 e. The van der Waals surface area contributed by atoms with E-state index >= 15 is 0 Å². The molecular weight excluding hydrogens is 456 g/mol. The van der Waals surface area contributed by atoms with Crippen LogP contribution in [0.1, 0.15) is 22.5 Å². The van der Waals surface area contributed by atoms with E-state index in [1.807, 2.05) is 25.1 Å². The first kappa shape index (κ1) is 22.8. The highest BCUT2D eigenvalue weighted by molar-refractivity contribution is 6.32. The number of H-pyrrole nitrogens is 1. The summed E-state index contributed by atoms with van der Waals surface area (Å²) >= 11 is 6.47. The molecular formula is C25H19ClN4O4. The van der Waals surface area contributed by atoms with Crippen molar-refractivity contribution in [1.82, 2.24) is 9.97 Å². The van der Waals surface area contributed by atoms with Gasteiger partial charge in [-0.1, -0.05) is 17.7 Å². The topological polar surface area (TPSA) is 114 Å². The molecule has 3 aromatic carbocycles. The molecule has 0 amide bonds. The van der Waals surface area contributed by atoms with Crippen LogP contribution in [0.15, 0.2) is 54.6 Å². The third-order valence-electron chi connectivity index (χ3n) is 5.11. The number of aromatic amines is 1. The van der Waals surface area contributed by atoms with Crippen molar-refractivity contribution in [3.63, 3.8) is 0 Å². The zero-order valence-electron chi connectivity index (χ0n) is 18.3. The number of aromatic nitrogens is 2.